The molecule has 0 aromatic carbocycles. The van der Waals surface area contributed by atoms with Gasteiger partial charge in [0.25, 0.3) is 0 Å². The summed E-state index contributed by atoms with van der Waals surface area (Å²) in [7, 11) is 1.13. The molecule has 0 unspecified atom stereocenters. The standard InChI is InChI=1S/C21H21F4N7O2/c1-20(33,21(23,24)25)18-15(34-2)7-16-28-10-14(32(16)31-18)17-13(22)6-11(8-26)19(30-17)29-12-4-3-5-27-9-12/h6-7,10,12,27,33H,3-5,9H2,1-2H3,(H,29,30)/t12-,20-/m1/s1. The maximum Gasteiger partial charge on any atom is 0.422 e. The minimum absolute atomic E-state index is 0.0176. The third-order valence-electron chi connectivity index (χ3n) is 5.67. The van der Waals surface area contributed by atoms with Gasteiger partial charge in [-0.25, -0.2) is 18.9 Å². The van der Waals surface area contributed by atoms with Crippen LogP contribution in [0.15, 0.2) is 18.3 Å². The van der Waals surface area contributed by atoms with E-state index in [2.05, 4.69) is 25.7 Å². The van der Waals surface area contributed by atoms with Gasteiger partial charge >= 0.3 is 6.18 Å². The molecule has 4 heterocycles. The van der Waals surface area contributed by atoms with Crippen molar-refractivity contribution in [2.45, 2.75) is 37.6 Å². The molecule has 4 rings (SSSR count). The van der Waals surface area contributed by atoms with E-state index in [0.29, 0.717) is 13.5 Å². The normalized spacial score (nSPS) is 18.4. The zero-order chi connectivity index (χ0) is 24.7. The Labute approximate surface area is 191 Å². The number of nitriles is 1. The van der Waals surface area contributed by atoms with Crippen LogP contribution in [0.1, 0.15) is 31.0 Å². The van der Waals surface area contributed by atoms with Gasteiger partial charge in [0, 0.05) is 18.7 Å². The van der Waals surface area contributed by atoms with Gasteiger partial charge < -0.3 is 20.5 Å². The van der Waals surface area contributed by atoms with Crippen LogP contribution in [0.2, 0.25) is 0 Å². The Morgan fingerprint density at radius 2 is 2.12 bits per heavy atom. The number of ether oxygens (including phenoxy) is 1. The highest BCUT2D eigenvalue weighted by Gasteiger charge is 2.54. The Balaban J connectivity index is 1.86. The first kappa shape index (κ1) is 23.7. The van der Waals surface area contributed by atoms with Crippen molar-refractivity contribution in [1.29, 1.82) is 5.26 Å². The van der Waals surface area contributed by atoms with Crippen molar-refractivity contribution < 1.29 is 27.4 Å². The second kappa shape index (κ2) is 8.69. The van der Waals surface area contributed by atoms with Crippen molar-refractivity contribution in [3.05, 3.63) is 35.4 Å². The summed E-state index contributed by atoms with van der Waals surface area (Å²) in [5.41, 5.74) is -4.49. The summed E-state index contributed by atoms with van der Waals surface area (Å²) in [4.78, 5) is 8.33. The third kappa shape index (κ3) is 4.10. The van der Waals surface area contributed by atoms with Crippen molar-refractivity contribution in [3.63, 3.8) is 0 Å². The number of halogens is 4. The van der Waals surface area contributed by atoms with Crippen LogP contribution in [-0.4, -0.2) is 57.1 Å². The maximum absolute atomic E-state index is 15.0. The largest absolute Gasteiger partial charge is 0.495 e. The molecule has 3 N–H and O–H groups in total. The minimum Gasteiger partial charge on any atom is -0.495 e. The van der Waals surface area contributed by atoms with Crippen LogP contribution in [0.25, 0.3) is 17.0 Å². The van der Waals surface area contributed by atoms with Crippen molar-refractivity contribution in [2.75, 3.05) is 25.5 Å². The van der Waals surface area contributed by atoms with Gasteiger partial charge in [-0.05, 0) is 32.4 Å². The first-order chi connectivity index (χ1) is 16.1. The van der Waals surface area contributed by atoms with Crippen molar-refractivity contribution >= 4 is 11.5 Å². The fourth-order valence-electron chi connectivity index (χ4n) is 3.72. The van der Waals surface area contributed by atoms with Gasteiger partial charge in [0.05, 0.1) is 18.9 Å². The third-order valence-corrected chi connectivity index (χ3v) is 5.67. The van der Waals surface area contributed by atoms with Gasteiger partial charge in [-0.1, -0.05) is 0 Å². The Kier molecular flexibility index (Phi) is 6.05. The number of fused-ring (bicyclic) bond motifs is 1. The molecule has 0 aliphatic carbocycles. The number of alkyl halides is 3. The lowest BCUT2D eigenvalue weighted by atomic mass is 10.0. The van der Waals surface area contributed by atoms with Gasteiger partial charge in [0.15, 0.2) is 11.5 Å². The number of rotatable bonds is 5. The van der Waals surface area contributed by atoms with Crippen LogP contribution in [-0.2, 0) is 5.60 Å². The molecule has 180 valence electrons. The second-order valence-electron chi connectivity index (χ2n) is 8.06. The Bertz CT molecular complexity index is 1260. The lowest BCUT2D eigenvalue weighted by Crippen LogP contribution is -2.40. The Morgan fingerprint density at radius 3 is 2.74 bits per heavy atom. The summed E-state index contributed by atoms with van der Waals surface area (Å²) in [6.07, 6.45) is -2.14. The van der Waals surface area contributed by atoms with E-state index >= 15 is 0 Å². The van der Waals surface area contributed by atoms with Gasteiger partial charge in [0.2, 0.25) is 5.60 Å². The number of hydrogen-bond donors (Lipinski definition) is 3. The Hall–Kier alpha value is -3.50. The summed E-state index contributed by atoms with van der Waals surface area (Å²) in [5.74, 6) is -1.08. The van der Waals surface area contributed by atoms with E-state index in [0.717, 1.165) is 43.1 Å². The molecule has 13 heteroatoms. The fraction of sp³-hybridized carbons (Fsp3) is 0.429. The number of aromatic nitrogens is 4. The summed E-state index contributed by atoms with van der Waals surface area (Å²) in [6.45, 7) is 2.04. The molecule has 0 saturated carbocycles. The SMILES string of the molecule is COc1cc2ncc(-c3nc(N[C@@H]4CCCNC4)c(C#N)cc3F)n2nc1[C@@](C)(O)C(F)(F)F. The van der Waals surface area contributed by atoms with E-state index in [-0.39, 0.29) is 40.2 Å². The number of piperidine rings is 1. The van der Waals surface area contributed by atoms with Crippen LogP contribution in [0, 0.1) is 17.1 Å². The molecule has 0 radical (unpaired) electrons. The predicted octanol–water partition coefficient (Wildman–Crippen LogP) is 2.74. The summed E-state index contributed by atoms with van der Waals surface area (Å²) in [6, 6.07) is 4.01. The average Bonchev–Trinajstić information content (AvgIpc) is 3.21. The van der Waals surface area contributed by atoms with E-state index in [1.807, 2.05) is 6.07 Å². The molecule has 9 nitrogen and oxygen atoms in total. The van der Waals surface area contributed by atoms with Gasteiger partial charge in [-0.2, -0.15) is 23.5 Å². The zero-order valence-electron chi connectivity index (χ0n) is 18.2. The molecule has 0 spiro atoms. The molecule has 0 bridgehead atoms. The quantitative estimate of drug-likeness (QED) is 0.478. The van der Waals surface area contributed by atoms with E-state index in [1.54, 1.807) is 0 Å². The lowest BCUT2D eigenvalue weighted by molar-refractivity contribution is -0.261. The number of imidazole rings is 1. The molecule has 1 fully saturated rings. The van der Waals surface area contributed by atoms with Crippen LogP contribution >= 0.6 is 0 Å². The maximum atomic E-state index is 15.0. The molecule has 3 aromatic heterocycles. The summed E-state index contributed by atoms with van der Waals surface area (Å²) in [5, 5.41) is 29.9. The van der Waals surface area contributed by atoms with Crippen molar-refractivity contribution in [3.8, 4) is 23.2 Å². The Morgan fingerprint density at radius 1 is 1.35 bits per heavy atom. The second-order valence-corrected chi connectivity index (χ2v) is 8.06. The molecule has 1 aliphatic rings. The van der Waals surface area contributed by atoms with Crippen molar-refractivity contribution in [1.82, 2.24) is 24.9 Å². The molecule has 2 atom stereocenters. The molecule has 34 heavy (non-hydrogen) atoms. The van der Waals surface area contributed by atoms with Gasteiger partial charge in [-0.15, -0.1) is 0 Å². The highest BCUT2D eigenvalue weighted by atomic mass is 19.4. The van der Waals surface area contributed by atoms with Gasteiger partial charge in [0.1, 0.15) is 34.7 Å². The molecule has 1 saturated heterocycles. The number of nitrogens with one attached hydrogen (secondary N) is 2. The summed E-state index contributed by atoms with van der Waals surface area (Å²) < 4.78 is 61.5. The lowest BCUT2D eigenvalue weighted by Gasteiger charge is -2.27. The average molecular weight is 479 g/mol. The highest BCUT2D eigenvalue weighted by molar-refractivity contribution is 5.66. The van der Waals surface area contributed by atoms with E-state index in [9.17, 15) is 27.9 Å². The van der Waals surface area contributed by atoms with Crippen molar-refractivity contribution in [2.24, 2.45) is 0 Å². The number of pyridine rings is 1. The number of aliphatic hydroxyl groups is 1. The van der Waals surface area contributed by atoms with Crippen LogP contribution < -0.4 is 15.4 Å². The number of nitrogens with zero attached hydrogens (tertiary/aromatic N) is 5. The topological polar surface area (TPSA) is 120 Å². The molecule has 1 aliphatic heterocycles. The van der Waals surface area contributed by atoms with Gasteiger partial charge in [-0.3, -0.25) is 0 Å². The smallest absolute Gasteiger partial charge is 0.422 e. The van der Waals surface area contributed by atoms with E-state index in [1.165, 1.54) is 6.20 Å². The van der Waals surface area contributed by atoms with Crippen LogP contribution in [0.4, 0.5) is 23.4 Å². The zero-order valence-corrected chi connectivity index (χ0v) is 18.2. The first-order valence-corrected chi connectivity index (χ1v) is 10.4. The minimum atomic E-state index is -5.06. The fourth-order valence-corrected chi connectivity index (χ4v) is 3.72. The number of hydrogen-bond acceptors (Lipinski definition) is 8. The number of anilines is 1. The van der Waals surface area contributed by atoms with E-state index in [4.69, 9.17) is 4.74 Å². The molecular weight excluding hydrogens is 458 g/mol. The number of methoxy groups -OCH3 is 1. The van der Waals surface area contributed by atoms with Crippen LogP contribution in [0.5, 0.6) is 5.75 Å². The summed E-state index contributed by atoms with van der Waals surface area (Å²) >= 11 is 0. The van der Waals surface area contributed by atoms with Crippen LogP contribution in [0.3, 0.4) is 0 Å². The highest BCUT2D eigenvalue weighted by Crippen LogP contribution is 2.41. The predicted molar refractivity (Wildman–Crippen MR) is 113 cm³/mol. The van der Waals surface area contributed by atoms with E-state index < -0.39 is 23.3 Å². The monoisotopic (exact) mass is 479 g/mol. The molecular formula is C21H21F4N7O2. The molecule has 3 aromatic rings. The molecule has 0 amide bonds. The first-order valence-electron chi connectivity index (χ1n) is 10.4.